The molecule has 0 fully saturated rings. The Hall–Kier alpha value is -0.640. The number of ether oxygens (including phenoxy) is 1. The lowest BCUT2D eigenvalue weighted by molar-refractivity contribution is 0.199. The van der Waals surface area contributed by atoms with E-state index in [9.17, 15) is 8.42 Å². The molecule has 0 spiro atoms. The highest BCUT2D eigenvalue weighted by atomic mass is 32.2. The average Bonchev–Trinajstić information content (AvgIpc) is 2.17. The summed E-state index contributed by atoms with van der Waals surface area (Å²) in [5.41, 5.74) is 0. The lowest BCUT2D eigenvalue weighted by Gasteiger charge is -2.17. The Labute approximate surface area is 91.7 Å². The second-order valence-corrected chi connectivity index (χ2v) is 5.67. The zero-order valence-corrected chi connectivity index (χ0v) is 10.2. The van der Waals surface area contributed by atoms with Crippen LogP contribution in [-0.2, 0) is 14.8 Å². The van der Waals surface area contributed by atoms with Gasteiger partial charge in [-0.1, -0.05) is 0 Å². The highest BCUT2D eigenvalue weighted by Crippen LogP contribution is 2.04. The van der Waals surface area contributed by atoms with Gasteiger partial charge in [0.2, 0.25) is 10.0 Å². The zero-order valence-electron chi connectivity index (χ0n) is 9.43. The summed E-state index contributed by atoms with van der Waals surface area (Å²) < 4.78 is 29.3. The van der Waals surface area contributed by atoms with Gasteiger partial charge in [-0.15, -0.1) is 0 Å². The van der Waals surface area contributed by atoms with Gasteiger partial charge in [-0.05, 0) is 13.3 Å². The number of nitrogens with zero attached hydrogens (tertiary/aromatic N) is 2. The van der Waals surface area contributed by atoms with Crippen molar-refractivity contribution < 1.29 is 13.2 Å². The highest BCUT2D eigenvalue weighted by molar-refractivity contribution is 7.89. The number of hydrogen-bond acceptors (Lipinski definition) is 4. The van der Waals surface area contributed by atoms with Crippen molar-refractivity contribution in [2.75, 3.05) is 33.1 Å². The van der Waals surface area contributed by atoms with Crippen LogP contribution in [0.1, 0.15) is 13.3 Å². The molecule has 0 radical (unpaired) electrons. The average molecular weight is 234 g/mol. The van der Waals surface area contributed by atoms with Crippen LogP contribution in [0.5, 0.6) is 0 Å². The van der Waals surface area contributed by atoms with Crippen molar-refractivity contribution in [3.63, 3.8) is 0 Å². The van der Waals surface area contributed by atoms with Crippen LogP contribution in [-0.4, -0.2) is 45.8 Å². The Morgan fingerprint density at radius 3 is 2.60 bits per heavy atom. The number of rotatable bonds is 7. The van der Waals surface area contributed by atoms with Gasteiger partial charge in [-0.2, -0.15) is 5.26 Å². The summed E-state index contributed by atoms with van der Waals surface area (Å²) in [6.07, 6.45) is 0.476. The van der Waals surface area contributed by atoms with E-state index in [2.05, 4.69) is 0 Å². The van der Waals surface area contributed by atoms with Gasteiger partial charge in [0.05, 0.1) is 17.7 Å². The molecule has 0 N–H and O–H groups in total. The fraction of sp³-hybridized carbons (Fsp3) is 0.889. The molecule has 1 atom stereocenters. The minimum atomic E-state index is -3.24. The van der Waals surface area contributed by atoms with Gasteiger partial charge in [-0.25, -0.2) is 12.7 Å². The van der Waals surface area contributed by atoms with Crippen LogP contribution in [0.4, 0.5) is 0 Å². The maximum absolute atomic E-state index is 11.6. The first-order valence-corrected chi connectivity index (χ1v) is 6.37. The van der Waals surface area contributed by atoms with Crippen molar-refractivity contribution in [1.29, 1.82) is 5.26 Å². The van der Waals surface area contributed by atoms with E-state index in [1.807, 2.05) is 6.07 Å². The molecule has 15 heavy (non-hydrogen) atoms. The summed E-state index contributed by atoms with van der Waals surface area (Å²) in [4.78, 5) is 0. The highest BCUT2D eigenvalue weighted by Gasteiger charge is 2.19. The summed E-state index contributed by atoms with van der Waals surface area (Å²) in [6.45, 7) is 2.37. The van der Waals surface area contributed by atoms with E-state index < -0.39 is 10.0 Å². The van der Waals surface area contributed by atoms with E-state index in [0.29, 0.717) is 13.0 Å². The molecule has 0 aromatic rings. The van der Waals surface area contributed by atoms with Gasteiger partial charge >= 0.3 is 0 Å². The maximum Gasteiger partial charge on any atom is 0.213 e. The van der Waals surface area contributed by atoms with Crippen LogP contribution >= 0.6 is 0 Å². The Bertz CT molecular complexity index is 308. The molecule has 0 bridgehead atoms. The second-order valence-electron chi connectivity index (χ2n) is 3.47. The number of sulfonamides is 1. The van der Waals surface area contributed by atoms with Crippen molar-refractivity contribution in [3.05, 3.63) is 0 Å². The van der Waals surface area contributed by atoms with Crippen molar-refractivity contribution >= 4 is 10.0 Å². The van der Waals surface area contributed by atoms with Gasteiger partial charge in [-0.3, -0.25) is 0 Å². The normalized spacial score (nSPS) is 13.8. The Morgan fingerprint density at radius 1 is 1.53 bits per heavy atom. The number of nitriles is 1. The zero-order chi connectivity index (χ0) is 11.9. The minimum absolute atomic E-state index is 0.0650. The van der Waals surface area contributed by atoms with Crippen LogP contribution < -0.4 is 0 Å². The molecular formula is C9H18N2O3S. The van der Waals surface area contributed by atoms with E-state index in [-0.39, 0.29) is 18.2 Å². The first kappa shape index (κ1) is 14.4. The lowest BCUT2D eigenvalue weighted by Crippen LogP contribution is -2.33. The van der Waals surface area contributed by atoms with E-state index in [0.717, 1.165) is 0 Å². The van der Waals surface area contributed by atoms with Crippen LogP contribution in [0.3, 0.4) is 0 Å². The molecule has 0 saturated heterocycles. The van der Waals surface area contributed by atoms with Gasteiger partial charge in [0.15, 0.2) is 0 Å². The quantitative estimate of drug-likeness (QED) is 0.599. The molecule has 0 aromatic heterocycles. The predicted octanol–water partition coefficient (Wildman–Crippen LogP) is 0.444. The van der Waals surface area contributed by atoms with Crippen LogP contribution in [0.15, 0.2) is 0 Å². The molecule has 5 nitrogen and oxygen atoms in total. The third kappa shape index (κ3) is 5.72. The molecular weight excluding hydrogens is 216 g/mol. The summed E-state index contributed by atoms with van der Waals surface area (Å²) in [7, 11) is -0.204. The van der Waals surface area contributed by atoms with E-state index in [1.54, 1.807) is 6.92 Å². The first-order valence-electron chi connectivity index (χ1n) is 4.76. The Balaban J connectivity index is 4.16. The van der Waals surface area contributed by atoms with Crippen LogP contribution in [0.2, 0.25) is 0 Å². The van der Waals surface area contributed by atoms with Gasteiger partial charge in [0.25, 0.3) is 0 Å². The summed E-state index contributed by atoms with van der Waals surface area (Å²) in [5, 5.41) is 8.57. The molecule has 88 valence electrons. The first-order chi connectivity index (χ1) is 6.94. The molecule has 6 heteroatoms. The van der Waals surface area contributed by atoms with E-state index in [4.69, 9.17) is 10.00 Å². The van der Waals surface area contributed by atoms with E-state index >= 15 is 0 Å². The number of methoxy groups -OCH3 is 1. The number of hydrogen-bond donors (Lipinski definition) is 0. The molecule has 0 aliphatic rings. The molecule has 0 amide bonds. The Kier molecular flexibility index (Phi) is 6.48. The maximum atomic E-state index is 11.6. The molecule has 0 aliphatic heterocycles. The third-order valence-electron chi connectivity index (χ3n) is 1.98. The lowest BCUT2D eigenvalue weighted by atomic mass is 10.2. The molecule has 0 rings (SSSR count). The molecule has 0 aromatic carbocycles. The van der Waals surface area contributed by atoms with Crippen molar-refractivity contribution in [2.24, 2.45) is 5.92 Å². The van der Waals surface area contributed by atoms with Crippen molar-refractivity contribution in [1.82, 2.24) is 4.31 Å². The summed E-state index contributed by atoms with van der Waals surface area (Å²) in [6, 6.07) is 2.00. The molecule has 0 saturated carbocycles. The fourth-order valence-corrected chi connectivity index (χ4v) is 2.33. The van der Waals surface area contributed by atoms with Gasteiger partial charge < -0.3 is 4.74 Å². The molecule has 1 unspecified atom stereocenters. The smallest absolute Gasteiger partial charge is 0.213 e. The van der Waals surface area contributed by atoms with E-state index in [1.165, 1.54) is 18.5 Å². The Morgan fingerprint density at radius 2 is 2.13 bits per heavy atom. The van der Waals surface area contributed by atoms with Crippen molar-refractivity contribution in [2.45, 2.75) is 13.3 Å². The second kappa shape index (κ2) is 6.77. The third-order valence-corrected chi connectivity index (χ3v) is 3.88. The van der Waals surface area contributed by atoms with Crippen LogP contribution in [0, 0.1) is 17.2 Å². The minimum Gasteiger partial charge on any atom is -0.385 e. The largest absolute Gasteiger partial charge is 0.385 e. The van der Waals surface area contributed by atoms with Crippen molar-refractivity contribution in [3.8, 4) is 6.07 Å². The van der Waals surface area contributed by atoms with Gasteiger partial charge in [0.1, 0.15) is 0 Å². The molecule has 0 heterocycles. The van der Waals surface area contributed by atoms with Crippen LogP contribution in [0.25, 0.3) is 0 Å². The van der Waals surface area contributed by atoms with Gasteiger partial charge in [0, 0.05) is 27.3 Å². The topological polar surface area (TPSA) is 70.4 Å². The SMILES string of the molecule is COCCCS(=O)(=O)N(C)CC(C)C#N. The standard InChI is InChI=1S/C9H18N2O3S/c1-9(7-10)8-11(2)15(12,13)6-4-5-14-3/h9H,4-6,8H2,1-3H3. The molecule has 0 aliphatic carbocycles. The predicted molar refractivity (Wildman–Crippen MR) is 57.7 cm³/mol. The summed E-state index contributed by atoms with van der Waals surface area (Å²) in [5.74, 6) is -0.220. The fourth-order valence-electron chi connectivity index (χ4n) is 1.08. The monoisotopic (exact) mass is 234 g/mol. The summed E-state index contributed by atoms with van der Waals surface area (Å²) >= 11 is 0.